The fourth-order valence-corrected chi connectivity index (χ4v) is 5.12. The average Bonchev–Trinajstić information content (AvgIpc) is 3.45. The van der Waals surface area contributed by atoms with E-state index in [0.717, 1.165) is 17.2 Å². The van der Waals surface area contributed by atoms with Gasteiger partial charge in [-0.2, -0.15) is 18.4 Å². The van der Waals surface area contributed by atoms with Gasteiger partial charge in [-0.1, -0.05) is 60.7 Å². The number of alkyl halides is 3. The van der Waals surface area contributed by atoms with Crippen LogP contribution in [0.5, 0.6) is 0 Å². The zero-order valence-electron chi connectivity index (χ0n) is 24.0. The Kier molecular flexibility index (Phi) is 11.2. The number of nitrogens with zero attached hydrogens (tertiary/aromatic N) is 4. The third-order valence-electron chi connectivity index (χ3n) is 7.26. The highest BCUT2D eigenvalue weighted by molar-refractivity contribution is 7.80. The molecule has 4 aromatic rings. The van der Waals surface area contributed by atoms with Crippen LogP contribution in [0.4, 0.5) is 13.2 Å². The summed E-state index contributed by atoms with van der Waals surface area (Å²) in [5, 5.41) is 12.5. The van der Waals surface area contributed by atoms with Gasteiger partial charge in [0.15, 0.2) is 5.11 Å². The molecule has 1 aromatic heterocycles. The van der Waals surface area contributed by atoms with Gasteiger partial charge in [-0.15, -0.1) is 0 Å². The van der Waals surface area contributed by atoms with Gasteiger partial charge in [-0.25, -0.2) is 4.98 Å². The molecular formula is C33H33F3N6OS. The molecule has 7 nitrogen and oxygen atoms in total. The third-order valence-corrected chi connectivity index (χ3v) is 7.66. The summed E-state index contributed by atoms with van der Waals surface area (Å²) in [6, 6.07) is 24.1. The van der Waals surface area contributed by atoms with E-state index in [0.29, 0.717) is 30.8 Å². The molecular weight excluding hydrogens is 585 g/mol. The molecule has 1 heterocycles. The monoisotopic (exact) mass is 618 g/mol. The summed E-state index contributed by atoms with van der Waals surface area (Å²) >= 11 is 5.68. The number of halogens is 3. The van der Waals surface area contributed by atoms with E-state index in [1.54, 1.807) is 35.6 Å². The van der Waals surface area contributed by atoms with Crippen LogP contribution in [0.25, 0.3) is 0 Å². The number of benzene rings is 3. The molecule has 0 amide bonds. The maximum absolute atomic E-state index is 13.9. The highest BCUT2D eigenvalue weighted by Gasteiger charge is 2.34. The number of thiocarbonyl (C=S) groups is 1. The number of hydrogen-bond donors (Lipinski definition) is 2. The first-order valence-corrected chi connectivity index (χ1v) is 14.5. The zero-order valence-corrected chi connectivity index (χ0v) is 24.8. The van der Waals surface area contributed by atoms with Crippen LogP contribution in [0.2, 0.25) is 0 Å². The number of rotatable bonds is 13. The van der Waals surface area contributed by atoms with Gasteiger partial charge in [-0.05, 0) is 60.1 Å². The first-order chi connectivity index (χ1) is 21.2. The van der Waals surface area contributed by atoms with Crippen molar-refractivity contribution in [3.05, 3.63) is 125 Å². The number of Topliss-reactive ketones (excluding diaryl/α,β-unsaturated/α-hetero) is 1. The minimum absolute atomic E-state index is 0.0586. The second-order valence-corrected chi connectivity index (χ2v) is 10.8. The van der Waals surface area contributed by atoms with Crippen molar-refractivity contribution in [2.75, 3.05) is 13.1 Å². The molecule has 0 aliphatic heterocycles. The van der Waals surface area contributed by atoms with Crippen LogP contribution in [0.15, 0.2) is 91.4 Å². The lowest BCUT2D eigenvalue weighted by molar-refractivity contribution is -0.138. The lowest BCUT2D eigenvalue weighted by atomic mass is 9.95. The van der Waals surface area contributed by atoms with Gasteiger partial charge >= 0.3 is 6.18 Å². The van der Waals surface area contributed by atoms with Gasteiger partial charge in [0, 0.05) is 50.4 Å². The number of nitrogens with one attached hydrogen (secondary N) is 1. The summed E-state index contributed by atoms with van der Waals surface area (Å²) in [5.74, 6) is -0.704. The summed E-state index contributed by atoms with van der Waals surface area (Å²) in [4.78, 5) is 19.5. The molecule has 0 aliphatic rings. The molecule has 4 rings (SSSR count). The van der Waals surface area contributed by atoms with Gasteiger partial charge in [0.05, 0.1) is 23.5 Å². The maximum Gasteiger partial charge on any atom is 0.416 e. The van der Waals surface area contributed by atoms with E-state index in [1.807, 2.05) is 47.0 Å². The second-order valence-electron chi connectivity index (χ2n) is 10.4. The minimum atomic E-state index is -4.54. The highest BCUT2D eigenvalue weighted by Crippen LogP contribution is 2.32. The van der Waals surface area contributed by atoms with Gasteiger partial charge in [0.25, 0.3) is 0 Å². The van der Waals surface area contributed by atoms with Crippen molar-refractivity contribution in [3.63, 3.8) is 0 Å². The van der Waals surface area contributed by atoms with Crippen molar-refractivity contribution in [2.45, 2.75) is 38.7 Å². The number of carbonyl (C=O) groups is 1. The van der Waals surface area contributed by atoms with Gasteiger partial charge in [0.2, 0.25) is 0 Å². The molecule has 3 aromatic carbocycles. The number of imidazole rings is 1. The van der Waals surface area contributed by atoms with E-state index in [2.05, 4.69) is 16.4 Å². The Hall–Kier alpha value is -4.53. The Bertz CT molecular complexity index is 1580. The average molecular weight is 619 g/mol. The second kappa shape index (κ2) is 15.3. The molecule has 11 heteroatoms. The van der Waals surface area contributed by atoms with Crippen molar-refractivity contribution in [2.24, 2.45) is 11.7 Å². The first kappa shape index (κ1) is 32.4. The molecule has 0 aliphatic carbocycles. The van der Waals surface area contributed by atoms with Crippen molar-refractivity contribution in [1.29, 1.82) is 5.26 Å². The number of nitrogens with two attached hydrogens (primary N) is 1. The van der Waals surface area contributed by atoms with Crippen molar-refractivity contribution in [1.82, 2.24) is 19.8 Å². The molecule has 0 saturated carbocycles. The summed E-state index contributed by atoms with van der Waals surface area (Å²) in [7, 11) is 0. The Morgan fingerprint density at radius 3 is 2.43 bits per heavy atom. The number of hydrogen-bond acceptors (Lipinski definition) is 5. The molecule has 0 fully saturated rings. The lowest BCUT2D eigenvalue weighted by Crippen LogP contribution is -2.44. The fraction of sp³-hybridized carbons (Fsp3) is 0.273. The van der Waals surface area contributed by atoms with E-state index >= 15 is 0 Å². The SMILES string of the molecule is N#Cc1ccc(Cn2cncc2CC(=O)[C@@H](CCN)CN(Cc2ccccc2C(F)(F)F)C(=S)NCc2ccccc2)cc1. The van der Waals surface area contributed by atoms with Crippen molar-refractivity contribution >= 4 is 23.1 Å². The fourth-order valence-electron chi connectivity index (χ4n) is 4.91. The molecule has 0 radical (unpaired) electrons. The lowest BCUT2D eigenvalue weighted by Gasteiger charge is -2.30. The molecule has 0 spiro atoms. The number of carbonyl (C=O) groups excluding carboxylic acids is 1. The topological polar surface area (TPSA) is 100.0 Å². The van der Waals surface area contributed by atoms with E-state index in [9.17, 15) is 18.0 Å². The summed E-state index contributed by atoms with van der Waals surface area (Å²) in [6.45, 7) is 1.01. The predicted molar refractivity (Wildman–Crippen MR) is 166 cm³/mol. The zero-order chi connectivity index (χ0) is 31.5. The van der Waals surface area contributed by atoms with Crippen LogP contribution >= 0.6 is 12.2 Å². The standard InChI is InChI=1S/C33H33F3N6OS/c34-33(35,36)30-9-5-4-8-27(30)21-41(32(44)40-18-25-6-2-1-3-7-25)22-28(14-15-37)31(43)16-29-19-39-23-42(29)20-26-12-10-24(17-38)11-13-26/h1-13,19,23,28H,14-16,18,20-22,37H2,(H,40,44)/t28-/m0/s1. The first-order valence-electron chi connectivity index (χ1n) is 14.1. The Balaban J connectivity index is 1.54. The van der Waals surface area contributed by atoms with E-state index < -0.39 is 17.7 Å². The van der Waals surface area contributed by atoms with Gasteiger partial charge in [0.1, 0.15) is 5.78 Å². The molecule has 1 atom stereocenters. The van der Waals surface area contributed by atoms with Crippen LogP contribution in [0.1, 0.15) is 39.9 Å². The molecule has 3 N–H and O–H groups in total. The highest BCUT2D eigenvalue weighted by atomic mass is 32.1. The van der Waals surface area contributed by atoms with Crippen molar-refractivity contribution in [3.8, 4) is 6.07 Å². The van der Waals surface area contributed by atoms with E-state index in [1.165, 1.54) is 12.1 Å². The normalized spacial score (nSPS) is 11.9. The van der Waals surface area contributed by atoms with Crippen LogP contribution < -0.4 is 11.1 Å². The van der Waals surface area contributed by atoms with Crippen LogP contribution in [0, 0.1) is 17.2 Å². The maximum atomic E-state index is 13.9. The molecule has 228 valence electrons. The minimum Gasteiger partial charge on any atom is -0.358 e. The van der Waals surface area contributed by atoms with Gasteiger partial charge < -0.3 is 20.5 Å². The summed E-state index contributed by atoms with van der Waals surface area (Å²) in [6.07, 6.45) is -0.868. The molecule has 44 heavy (non-hydrogen) atoms. The smallest absolute Gasteiger partial charge is 0.358 e. The van der Waals surface area contributed by atoms with Crippen molar-refractivity contribution < 1.29 is 18.0 Å². The van der Waals surface area contributed by atoms with Crippen LogP contribution in [-0.2, 0) is 37.0 Å². The Morgan fingerprint density at radius 1 is 1.05 bits per heavy atom. The molecule has 0 bridgehead atoms. The number of ketones is 1. The third kappa shape index (κ3) is 8.99. The quantitative estimate of drug-likeness (QED) is 0.192. The van der Waals surface area contributed by atoms with E-state index in [-0.39, 0.29) is 42.5 Å². The number of aromatic nitrogens is 2. The summed E-state index contributed by atoms with van der Waals surface area (Å²) in [5.41, 5.74) is 8.37. The van der Waals surface area contributed by atoms with Gasteiger partial charge in [-0.3, -0.25) is 4.79 Å². The molecule has 0 unspecified atom stereocenters. The number of nitriles is 1. The van der Waals surface area contributed by atoms with E-state index in [4.69, 9.17) is 23.2 Å². The van der Waals surface area contributed by atoms with Crippen LogP contribution in [-0.4, -0.2) is 38.4 Å². The Morgan fingerprint density at radius 2 is 1.75 bits per heavy atom. The molecule has 0 saturated heterocycles. The summed E-state index contributed by atoms with van der Waals surface area (Å²) < 4.78 is 43.5. The predicted octanol–water partition coefficient (Wildman–Crippen LogP) is 5.48. The Labute approximate surface area is 260 Å². The van der Waals surface area contributed by atoms with Crippen LogP contribution in [0.3, 0.4) is 0 Å². The largest absolute Gasteiger partial charge is 0.416 e.